The second-order valence-electron chi connectivity index (χ2n) is 5.46. The molecule has 102 valence electrons. The van der Waals surface area contributed by atoms with Crippen molar-refractivity contribution >= 4 is 34.5 Å². The van der Waals surface area contributed by atoms with E-state index in [1.54, 1.807) is 23.5 Å². The Morgan fingerprint density at radius 2 is 1.84 bits per heavy atom. The predicted molar refractivity (Wildman–Crippen MR) is 82.1 cm³/mol. The summed E-state index contributed by atoms with van der Waals surface area (Å²) >= 11 is 13.8. The molecule has 1 aromatic carbocycles. The fraction of sp³-hybridized carbons (Fsp3) is 0.333. The molecule has 2 aromatic rings. The lowest BCUT2D eigenvalue weighted by molar-refractivity contribution is 0.604. The van der Waals surface area contributed by atoms with Gasteiger partial charge in [0.15, 0.2) is 0 Å². The van der Waals surface area contributed by atoms with Crippen molar-refractivity contribution in [2.45, 2.75) is 31.6 Å². The largest absolute Gasteiger partial charge is 0.205 e. The second kappa shape index (κ2) is 5.43. The van der Waals surface area contributed by atoms with Gasteiger partial charge in [-0.05, 0) is 23.6 Å². The first-order valence-corrected chi connectivity index (χ1v) is 7.62. The van der Waals surface area contributed by atoms with Crippen LogP contribution in [-0.2, 0) is 5.41 Å². The van der Waals surface area contributed by atoms with Crippen LogP contribution >= 0.6 is 34.5 Å². The van der Waals surface area contributed by atoms with E-state index in [2.05, 4.69) is 26.8 Å². The van der Waals surface area contributed by atoms with Crippen LogP contribution in [0.4, 0.5) is 4.39 Å². The molecule has 0 fully saturated rings. The summed E-state index contributed by atoms with van der Waals surface area (Å²) in [6.07, 6.45) is 0. The number of rotatable bonds is 2. The second-order valence-corrected chi connectivity index (χ2v) is 7.42. The Labute approximate surface area is 127 Å². The zero-order valence-corrected chi connectivity index (χ0v) is 13.3. The van der Waals surface area contributed by atoms with Crippen molar-refractivity contribution in [1.82, 2.24) is 0 Å². The van der Waals surface area contributed by atoms with Crippen molar-refractivity contribution in [3.05, 3.63) is 56.5 Å². The third-order valence-corrected chi connectivity index (χ3v) is 5.34. The predicted octanol–water partition coefficient (Wildman–Crippen LogP) is 6.17. The third kappa shape index (κ3) is 3.13. The average Bonchev–Trinajstić information content (AvgIpc) is 2.81. The van der Waals surface area contributed by atoms with Crippen LogP contribution in [0.3, 0.4) is 0 Å². The number of halogens is 3. The summed E-state index contributed by atoms with van der Waals surface area (Å²) in [5.41, 5.74) is 0.503. The molecule has 1 heterocycles. The van der Waals surface area contributed by atoms with Gasteiger partial charge in [0.25, 0.3) is 0 Å². The molecule has 0 aliphatic carbocycles. The van der Waals surface area contributed by atoms with Crippen LogP contribution in [-0.4, -0.2) is 0 Å². The number of hydrogen-bond acceptors (Lipinski definition) is 1. The van der Waals surface area contributed by atoms with Crippen LogP contribution in [0.15, 0.2) is 30.3 Å². The van der Waals surface area contributed by atoms with Gasteiger partial charge in [0.2, 0.25) is 0 Å². The van der Waals surface area contributed by atoms with Gasteiger partial charge in [-0.15, -0.1) is 22.9 Å². The summed E-state index contributed by atoms with van der Waals surface area (Å²) < 4.78 is 14.0. The molecule has 0 saturated carbocycles. The maximum absolute atomic E-state index is 14.0. The van der Waals surface area contributed by atoms with Crippen LogP contribution in [0.25, 0.3) is 0 Å². The van der Waals surface area contributed by atoms with Crippen LogP contribution in [0, 0.1) is 5.82 Å². The minimum atomic E-state index is -0.500. The fourth-order valence-corrected chi connectivity index (χ4v) is 3.38. The van der Waals surface area contributed by atoms with Gasteiger partial charge in [-0.2, -0.15) is 0 Å². The molecular formula is C15H15Cl2FS. The molecule has 0 spiro atoms. The Kier molecular flexibility index (Phi) is 4.24. The molecule has 19 heavy (non-hydrogen) atoms. The Balaban J connectivity index is 2.37. The lowest BCUT2D eigenvalue weighted by Crippen LogP contribution is -2.07. The molecule has 1 aromatic heterocycles. The molecule has 0 bridgehead atoms. The molecule has 4 heteroatoms. The normalized spacial score (nSPS) is 13.6. The number of benzene rings is 1. The standard InChI is InChI=1S/C15H15Cl2FS/c1-15(2,3)12-8-7-11(19-12)13(17)9-5-4-6-10(16)14(9)18/h4-8,13H,1-3H3. The molecule has 0 nitrogen and oxygen atoms in total. The van der Waals surface area contributed by atoms with Gasteiger partial charge in [-0.1, -0.05) is 44.5 Å². The Hall–Kier alpha value is -0.570. The molecular weight excluding hydrogens is 302 g/mol. The molecule has 0 N–H and O–H groups in total. The minimum absolute atomic E-state index is 0.0758. The van der Waals surface area contributed by atoms with Gasteiger partial charge < -0.3 is 0 Å². The van der Waals surface area contributed by atoms with Gasteiger partial charge in [0.05, 0.1) is 10.4 Å². The molecule has 2 rings (SSSR count). The Morgan fingerprint density at radius 3 is 2.42 bits per heavy atom. The summed E-state index contributed by atoms with van der Waals surface area (Å²) in [6, 6.07) is 8.93. The molecule has 0 amide bonds. The summed E-state index contributed by atoms with van der Waals surface area (Å²) in [5.74, 6) is -0.435. The topological polar surface area (TPSA) is 0 Å². The summed E-state index contributed by atoms with van der Waals surface area (Å²) in [4.78, 5) is 2.17. The third-order valence-electron chi connectivity index (χ3n) is 2.87. The maximum Gasteiger partial charge on any atom is 0.146 e. The highest BCUT2D eigenvalue weighted by Crippen LogP contribution is 2.39. The average molecular weight is 317 g/mol. The molecule has 0 saturated heterocycles. The van der Waals surface area contributed by atoms with Gasteiger partial charge in [-0.3, -0.25) is 0 Å². The highest BCUT2D eigenvalue weighted by Gasteiger charge is 2.22. The van der Waals surface area contributed by atoms with Gasteiger partial charge >= 0.3 is 0 Å². The lowest BCUT2D eigenvalue weighted by atomic mass is 9.95. The van der Waals surface area contributed by atoms with E-state index in [1.165, 1.54) is 10.9 Å². The monoisotopic (exact) mass is 316 g/mol. The van der Waals surface area contributed by atoms with Gasteiger partial charge in [0, 0.05) is 15.3 Å². The Bertz CT molecular complexity index is 584. The first-order chi connectivity index (χ1) is 8.80. The number of thiophene rings is 1. The van der Waals surface area contributed by atoms with Crippen molar-refractivity contribution in [3.63, 3.8) is 0 Å². The van der Waals surface area contributed by atoms with Crippen molar-refractivity contribution in [3.8, 4) is 0 Å². The first-order valence-electron chi connectivity index (χ1n) is 5.99. The van der Waals surface area contributed by atoms with E-state index in [9.17, 15) is 4.39 Å². The van der Waals surface area contributed by atoms with Crippen molar-refractivity contribution in [2.24, 2.45) is 0 Å². The zero-order valence-electron chi connectivity index (χ0n) is 11.0. The van der Waals surface area contributed by atoms with E-state index >= 15 is 0 Å². The molecule has 1 atom stereocenters. The molecule has 1 unspecified atom stereocenters. The highest BCUT2D eigenvalue weighted by molar-refractivity contribution is 7.12. The SMILES string of the molecule is CC(C)(C)c1ccc(C(Cl)c2cccc(Cl)c2F)s1. The number of alkyl halides is 1. The van der Waals surface area contributed by atoms with E-state index in [-0.39, 0.29) is 10.4 Å². The molecule has 0 aliphatic heterocycles. The zero-order chi connectivity index (χ0) is 14.2. The fourth-order valence-electron chi connectivity index (χ4n) is 1.76. The van der Waals surface area contributed by atoms with Crippen LogP contribution in [0.5, 0.6) is 0 Å². The van der Waals surface area contributed by atoms with E-state index in [1.807, 2.05) is 6.07 Å². The quantitative estimate of drug-likeness (QED) is 0.581. The Morgan fingerprint density at radius 1 is 1.16 bits per heavy atom. The van der Waals surface area contributed by atoms with E-state index in [0.717, 1.165) is 4.88 Å². The first kappa shape index (κ1) is 14.8. The number of hydrogen-bond donors (Lipinski definition) is 0. The summed E-state index contributed by atoms with van der Waals surface area (Å²) in [6.45, 7) is 6.43. The van der Waals surface area contributed by atoms with Crippen LogP contribution in [0.2, 0.25) is 5.02 Å². The maximum atomic E-state index is 14.0. The smallest absolute Gasteiger partial charge is 0.146 e. The van der Waals surface area contributed by atoms with E-state index < -0.39 is 11.2 Å². The summed E-state index contributed by atoms with van der Waals surface area (Å²) in [7, 11) is 0. The van der Waals surface area contributed by atoms with E-state index in [0.29, 0.717) is 5.56 Å². The van der Waals surface area contributed by atoms with Gasteiger partial charge in [-0.25, -0.2) is 4.39 Å². The molecule has 0 radical (unpaired) electrons. The molecule has 0 aliphatic rings. The van der Waals surface area contributed by atoms with Crippen molar-refractivity contribution in [1.29, 1.82) is 0 Å². The van der Waals surface area contributed by atoms with Crippen LogP contribution < -0.4 is 0 Å². The lowest BCUT2D eigenvalue weighted by Gasteiger charge is -2.15. The van der Waals surface area contributed by atoms with Crippen LogP contribution in [0.1, 0.15) is 41.5 Å². The van der Waals surface area contributed by atoms with Crippen molar-refractivity contribution < 1.29 is 4.39 Å². The van der Waals surface area contributed by atoms with Gasteiger partial charge in [0.1, 0.15) is 5.82 Å². The highest BCUT2D eigenvalue weighted by atomic mass is 35.5. The van der Waals surface area contributed by atoms with E-state index in [4.69, 9.17) is 23.2 Å². The minimum Gasteiger partial charge on any atom is -0.205 e. The summed E-state index contributed by atoms with van der Waals surface area (Å²) in [5, 5.41) is -0.393. The van der Waals surface area contributed by atoms with Crippen molar-refractivity contribution in [2.75, 3.05) is 0 Å².